The normalized spacial score (nSPS) is 13.2. The van der Waals surface area contributed by atoms with Crippen molar-refractivity contribution in [2.24, 2.45) is 0 Å². The van der Waals surface area contributed by atoms with Gasteiger partial charge < -0.3 is 15.5 Å². The molecule has 0 aliphatic heterocycles. The van der Waals surface area contributed by atoms with Crippen molar-refractivity contribution >= 4 is 11.9 Å². The number of carbonyl (C=O) groups excluding carboxylic acids is 1. The van der Waals surface area contributed by atoms with Crippen LogP contribution in [-0.2, 0) is 10.3 Å². The number of carboxylic acid groups (broad SMARTS) is 1. The summed E-state index contributed by atoms with van der Waals surface area (Å²) >= 11 is 0. The van der Waals surface area contributed by atoms with Gasteiger partial charge in [-0.1, -0.05) is 48.5 Å². The van der Waals surface area contributed by atoms with E-state index in [0.29, 0.717) is 11.1 Å². The number of amides is 1. The van der Waals surface area contributed by atoms with Gasteiger partial charge in [0.25, 0.3) is 5.91 Å². The Bertz CT molecular complexity index is 627. The number of carboxylic acids is 1. The highest BCUT2D eigenvalue weighted by atomic mass is 16.4. The van der Waals surface area contributed by atoms with Crippen LogP contribution in [0.1, 0.15) is 15.9 Å². The van der Waals surface area contributed by atoms with E-state index < -0.39 is 24.0 Å². The zero-order valence-electron chi connectivity index (χ0n) is 11.2. The minimum atomic E-state index is -1.87. The summed E-state index contributed by atoms with van der Waals surface area (Å²) in [6, 6.07) is 16.4. The molecule has 0 fully saturated rings. The molecule has 0 heterocycles. The van der Waals surface area contributed by atoms with E-state index in [0.717, 1.165) is 0 Å². The number of hydrogen-bond donors (Lipinski definition) is 3. The molecule has 5 nitrogen and oxygen atoms in total. The summed E-state index contributed by atoms with van der Waals surface area (Å²) in [6.07, 6.45) is 0. The standard InChI is InChI=1S/C16H15NO4/c18-11-16(15(20)21,13-9-5-2-6-10-13)17-14(19)12-7-3-1-4-8-12/h1-10,18H,11H2,(H,17,19)(H,20,21)/t16-/m1/s1. The molecule has 5 heteroatoms. The molecule has 0 saturated heterocycles. The number of carbonyl (C=O) groups is 2. The molecule has 0 saturated carbocycles. The van der Waals surface area contributed by atoms with Crippen LogP contribution >= 0.6 is 0 Å². The Morgan fingerprint density at radius 1 is 0.952 bits per heavy atom. The fourth-order valence-corrected chi connectivity index (χ4v) is 2.03. The second-order valence-corrected chi connectivity index (χ2v) is 4.55. The second kappa shape index (κ2) is 6.19. The van der Waals surface area contributed by atoms with Gasteiger partial charge in [-0.25, -0.2) is 4.79 Å². The van der Waals surface area contributed by atoms with Crippen LogP contribution in [0.5, 0.6) is 0 Å². The average molecular weight is 285 g/mol. The van der Waals surface area contributed by atoms with Crippen LogP contribution in [-0.4, -0.2) is 28.7 Å². The summed E-state index contributed by atoms with van der Waals surface area (Å²) in [4.78, 5) is 23.9. The maximum Gasteiger partial charge on any atom is 0.336 e. The number of rotatable bonds is 5. The molecule has 2 aromatic carbocycles. The first-order valence-electron chi connectivity index (χ1n) is 6.37. The highest BCUT2D eigenvalue weighted by Crippen LogP contribution is 2.22. The van der Waals surface area contributed by atoms with Crippen LogP contribution in [0.2, 0.25) is 0 Å². The highest BCUT2D eigenvalue weighted by Gasteiger charge is 2.41. The predicted octanol–water partition coefficient (Wildman–Crippen LogP) is 1.39. The molecule has 2 aromatic rings. The van der Waals surface area contributed by atoms with Crippen LogP contribution < -0.4 is 5.32 Å². The minimum absolute atomic E-state index is 0.310. The Labute approximate surface area is 121 Å². The third kappa shape index (κ3) is 2.93. The van der Waals surface area contributed by atoms with E-state index in [1.807, 2.05) is 0 Å². The fraction of sp³-hybridized carbons (Fsp3) is 0.125. The quantitative estimate of drug-likeness (QED) is 0.774. The molecule has 1 amide bonds. The topological polar surface area (TPSA) is 86.6 Å². The van der Waals surface area contributed by atoms with Gasteiger partial charge in [0.2, 0.25) is 0 Å². The van der Waals surface area contributed by atoms with Crippen molar-refractivity contribution in [3.8, 4) is 0 Å². The fourth-order valence-electron chi connectivity index (χ4n) is 2.03. The number of nitrogens with one attached hydrogen (secondary N) is 1. The number of benzene rings is 2. The van der Waals surface area contributed by atoms with Crippen molar-refractivity contribution in [2.75, 3.05) is 6.61 Å². The highest BCUT2D eigenvalue weighted by molar-refractivity contribution is 5.98. The van der Waals surface area contributed by atoms with Crippen molar-refractivity contribution in [2.45, 2.75) is 5.54 Å². The molecule has 21 heavy (non-hydrogen) atoms. The van der Waals surface area contributed by atoms with Gasteiger partial charge in [-0.05, 0) is 17.7 Å². The Morgan fingerprint density at radius 3 is 1.95 bits per heavy atom. The van der Waals surface area contributed by atoms with Crippen LogP contribution in [0.3, 0.4) is 0 Å². The number of hydrogen-bond acceptors (Lipinski definition) is 3. The van der Waals surface area contributed by atoms with E-state index in [4.69, 9.17) is 0 Å². The average Bonchev–Trinajstić information content (AvgIpc) is 2.54. The molecule has 0 aliphatic carbocycles. The summed E-state index contributed by atoms with van der Waals surface area (Å²) in [6.45, 7) is -0.745. The van der Waals surface area contributed by atoms with Gasteiger partial charge in [-0.2, -0.15) is 0 Å². The molecule has 0 bridgehead atoms. The van der Waals surface area contributed by atoms with Crippen LogP contribution in [0.4, 0.5) is 0 Å². The second-order valence-electron chi connectivity index (χ2n) is 4.55. The first-order valence-corrected chi connectivity index (χ1v) is 6.37. The van der Waals surface area contributed by atoms with Crippen molar-refractivity contribution < 1.29 is 19.8 Å². The molecule has 0 unspecified atom stereocenters. The Balaban J connectivity index is 2.38. The molecule has 2 rings (SSSR count). The lowest BCUT2D eigenvalue weighted by Crippen LogP contribution is -2.54. The largest absolute Gasteiger partial charge is 0.479 e. The number of aliphatic hydroxyl groups is 1. The summed E-state index contributed by atoms with van der Waals surface area (Å²) in [5, 5.41) is 21.5. The zero-order chi connectivity index (χ0) is 15.3. The zero-order valence-corrected chi connectivity index (χ0v) is 11.2. The van der Waals surface area contributed by atoms with Crippen LogP contribution in [0.15, 0.2) is 60.7 Å². The lowest BCUT2D eigenvalue weighted by Gasteiger charge is -2.29. The number of aliphatic carboxylic acids is 1. The molecule has 0 radical (unpaired) electrons. The van der Waals surface area contributed by atoms with E-state index in [9.17, 15) is 19.8 Å². The SMILES string of the molecule is O=C(N[C@@](CO)(C(=O)O)c1ccccc1)c1ccccc1. The summed E-state index contributed by atoms with van der Waals surface area (Å²) in [5.74, 6) is -1.88. The molecule has 0 aromatic heterocycles. The maximum absolute atomic E-state index is 12.2. The molecule has 108 valence electrons. The third-order valence-electron chi connectivity index (χ3n) is 3.23. The van der Waals surface area contributed by atoms with Crippen LogP contribution in [0, 0.1) is 0 Å². The lowest BCUT2D eigenvalue weighted by atomic mass is 9.90. The monoisotopic (exact) mass is 285 g/mol. The minimum Gasteiger partial charge on any atom is -0.479 e. The van der Waals surface area contributed by atoms with E-state index >= 15 is 0 Å². The third-order valence-corrected chi connectivity index (χ3v) is 3.23. The molecular weight excluding hydrogens is 270 g/mol. The molecule has 0 spiro atoms. The Kier molecular flexibility index (Phi) is 4.35. The summed E-state index contributed by atoms with van der Waals surface area (Å²) < 4.78 is 0. The maximum atomic E-state index is 12.2. The van der Waals surface area contributed by atoms with Gasteiger partial charge in [0.15, 0.2) is 5.54 Å². The van der Waals surface area contributed by atoms with E-state index in [1.54, 1.807) is 60.7 Å². The van der Waals surface area contributed by atoms with Gasteiger partial charge >= 0.3 is 5.97 Å². The summed E-state index contributed by atoms with van der Waals surface area (Å²) in [5.41, 5.74) is -1.23. The van der Waals surface area contributed by atoms with Crippen molar-refractivity contribution in [1.29, 1.82) is 0 Å². The Morgan fingerprint density at radius 2 is 1.48 bits per heavy atom. The van der Waals surface area contributed by atoms with Gasteiger partial charge in [-0.15, -0.1) is 0 Å². The van der Waals surface area contributed by atoms with Gasteiger partial charge in [-0.3, -0.25) is 4.79 Å². The van der Waals surface area contributed by atoms with Gasteiger partial charge in [0, 0.05) is 5.56 Å². The van der Waals surface area contributed by atoms with Crippen LogP contribution in [0.25, 0.3) is 0 Å². The van der Waals surface area contributed by atoms with Crippen molar-refractivity contribution in [1.82, 2.24) is 5.32 Å². The smallest absolute Gasteiger partial charge is 0.336 e. The molecule has 3 N–H and O–H groups in total. The molecule has 0 aliphatic rings. The van der Waals surface area contributed by atoms with E-state index in [2.05, 4.69) is 5.32 Å². The van der Waals surface area contributed by atoms with Gasteiger partial charge in [0.05, 0.1) is 6.61 Å². The molecule has 1 atom stereocenters. The molecular formula is C16H15NO4. The predicted molar refractivity (Wildman–Crippen MR) is 76.7 cm³/mol. The van der Waals surface area contributed by atoms with Crippen molar-refractivity contribution in [3.63, 3.8) is 0 Å². The summed E-state index contributed by atoms with van der Waals surface area (Å²) in [7, 11) is 0. The van der Waals surface area contributed by atoms with Crippen molar-refractivity contribution in [3.05, 3.63) is 71.8 Å². The lowest BCUT2D eigenvalue weighted by molar-refractivity contribution is -0.146. The number of aliphatic hydroxyl groups excluding tert-OH is 1. The first kappa shape index (κ1) is 14.7. The Hall–Kier alpha value is -2.66. The van der Waals surface area contributed by atoms with E-state index in [1.165, 1.54) is 0 Å². The van der Waals surface area contributed by atoms with E-state index in [-0.39, 0.29) is 0 Å². The van der Waals surface area contributed by atoms with Gasteiger partial charge in [0.1, 0.15) is 0 Å². The first-order chi connectivity index (χ1) is 10.1.